The molecule has 2 fully saturated rings. The molecule has 0 spiro atoms. The minimum Gasteiger partial charge on any atom is -0.378 e. The molecule has 3 heteroatoms. The molecule has 0 aromatic carbocycles. The van der Waals surface area contributed by atoms with E-state index in [-0.39, 0.29) is 0 Å². The van der Waals surface area contributed by atoms with Crippen molar-refractivity contribution in [3.63, 3.8) is 0 Å². The Morgan fingerprint density at radius 1 is 1.25 bits per heavy atom. The van der Waals surface area contributed by atoms with Crippen LogP contribution in [0.25, 0.3) is 0 Å². The summed E-state index contributed by atoms with van der Waals surface area (Å²) in [5, 5.41) is 3.35. The molecule has 2 rings (SSSR count). The summed E-state index contributed by atoms with van der Waals surface area (Å²) in [7, 11) is 0. The Bertz CT molecular complexity index is 145. The standard InChI is InChI=1S/C9H17NO2/c1-7-8(2-4-11-7)9-6-10-3-5-12-9/h7-10H,2-6H2,1H3. The van der Waals surface area contributed by atoms with E-state index in [1.807, 2.05) is 0 Å². The number of nitrogens with one attached hydrogen (secondary N) is 1. The van der Waals surface area contributed by atoms with Crippen LogP contribution >= 0.6 is 0 Å². The van der Waals surface area contributed by atoms with Gasteiger partial charge in [-0.25, -0.2) is 0 Å². The fraction of sp³-hybridized carbons (Fsp3) is 1.00. The van der Waals surface area contributed by atoms with E-state index < -0.39 is 0 Å². The first kappa shape index (κ1) is 8.48. The van der Waals surface area contributed by atoms with Crippen LogP contribution in [-0.4, -0.2) is 38.5 Å². The van der Waals surface area contributed by atoms with Gasteiger partial charge in [-0.05, 0) is 13.3 Å². The van der Waals surface area contributed by atoms with Gasteiger partial charge in [0.05, 0.1) is 18.8 Å². The summed E-state index contributed by atoms with van der Waals surface area (Å²) >= 11 is 0. The van der Waals surface area contributed by atoms with E-state index in [0.717, 1.165) is 32.7 Å². The summed E-state index contributed by atoms with van der Waals surface area (Å²) in [6, 6.07) is 0. The van der Waals surface area contributed by atoms with Gasteiger partial charge >= 0.3 is 0 Å². The van der Waals surface area contributed by atoms with Crippen molar-refractivity contribution < 1.29 is 9.47 Å². The summed E-state index contributed by atoms with van der Waals surface area (Å²) in [5.41, 5.74) is 0. The fourth-order valence-electron chi connectivity index (χ4n) is 2.10. The SMILES string of the molecule is CC1OCCC1C1CNCCO1. The Morgan fingerprint density at radius 2 is 2.17 bits per heavy atom. The van der Waals surface area contributed by atoms with Gasteiger partial charge in [-0.3, -0.25) is 0 Å². The molecule has 0 amide bonds. The Morgan fingerprint density at radius 3 is 2.75 bits per heavy atom. The zero-order valence-electron chi connectivity index (χ0n) is 7.58. The van der Waals surface area contributed by atoms with Gasteiger partial charge in [0.25, 0.3) is 0 Å². The fourth-order valence-corrected chi connectivity index (χ4v) is 2.10. The van der Waals surface area contributed by atoms with Crippen molar-refractivity contribution in [1.29, 1.82) is 0 Å². The highest BCUT2D eigenvalue weighted by molar-refractivity contribution is 4.83. The van der Waals surface area contributed by atoms with Crippen molar-refractivity contribution in [2.24, 2.45) is 5.92 Å². The molecule has 3 unspecified atom stereocenters. The molecule has 2 aliphatic heterocycles. The highest BCUT2D eigenvalue weighted by Gasteiger charge is 2.33. The Labute approximate surface area is 73.4 Å². The van der Waals surface area contributed by atoms with E-state index in [4.69, 9.17) is 9.47 Å². The number of morpholine rings is 1. The topological polar surface area (TPSA) is 30.5 Å². The van der Waals surface area contributed by atoms with E-state index in [1.54, 1.807) is 0 Å². The molecule has 0 aromatic rings. The second kappa shape index (κ2) is 3.73. The summed E-state index contributed by atoms with van der Waals surface area (Å²) in [4.78, 5) is 0. The van der Waals surface area contributed by atoms with E-state index >= 15 is 0 Å². The van der Waals surface area contributed by atoms with Gasteiger partial charge in [-0.2, -0.15) is 0 Å². The van der Waals surface area contributed by atoms with Gasteiger partial charge in [0.1, 0.15) is 0 Å². The number of ether oxygens (including phenoxy) is 2. The van der Waals surface area contributed by atoms with Gasteiger partial charge in [0.15, 0.2) is 0 Å². The summed E-state index contributed by atoms with van der Waals surface area (Å²) in [5.74, 6) is 0.609. The summed E-state index contributed by atoms with van der Waals surface area (Å²) in [6.07, 6.45) is 1.93. The first-order chi connectivity index (χ1) is 5.88. The molecule has 0 aliphatic carbocycles. The van der Waals surface area contributed by atoms with Gasteiger partial charge in [0, 0.05) is 25.6 Å². The minimum absolute atomic E-state index is 0.384. The second-order valence-electron chi connectivity index (χ2n) is 3.64. The van der Waals surface area contributed by atoms with Crippen molar-refractivity contribution in [2.45, 2.75) is 25.6 Å². The van der Waals surface area contributed by atoms with Crippen LogP contribution in [0.1, 0.15) is 13.3 Å². The van der Waals surface area contributed by atoms with Gasteiger partial charge in [0.2, 0.25) is 0 Å². The lowest BCUT2D eigenvalue weighted by Crippen LogP contribution is -2.44. The van der Waals surface area contributed by atoms with Crippen LogP contribution in [0.4, 0.5) is 0 Å². The second-order valence-corrected chi connectivity index (χ2v) is 3.64. The Balaban J connectivity index is 1.89. The molecule has 0 saturated carbocycles. The maximum Gasteiger partial charge on any atom is 0.0753 e. The third kappa shape index (κ3) is 1.63. The maximum absolute atomic E-state index is 5.69. The molecule has 3 nitrogen and oxygen atoms in total. The van der Waals surface area contributed by atoms with Crippen LogP contribution in [0.15, 0.2) is 0 Å². The first-order valence-corrected chi connectivity index (χ1v) is 4.82. The average molecular weight is 171 g/mol. The molecule has 3 atom stereocenters. The predicted molar refractivity (Wildman–Crippen MR) is 46.1 cm³/mol. The van der Waals surface area contributed by atoms with Crippen LogP contribution in [0.2, 0.25) is 0 Å². The molecular weight excluding hydrogens is 154 g/mol. The van der Waals surface area contributed by atoms with Gasteiger partial charge < -0.3 is 14.8 Å². The lowest BCUT2D eigenvalue weighted by Gasteiger charge is -2.29. The predicted octanol–water partition coefficient (Wildman–Crippen LogP) is 0.400. The zero-order chi connectivity index (χ0) is 8.39. The molecular formula is C9H17NO2. The first-order valence-electron chi connectivity index (χ1n) is 4.82. The van der Waals surface area contributed by atoms with E-state index in [2.05, 4.69) is 12.2 Å². The van der Waals surface area contributed by atoms with E-state index in [0.29, 0.717) is 18.1 Å². The molecule has 12 heavy (non-hydrogen) atoms. The minimum atomic E-state index is 0.384. The molecule has 70 valence electrons. The van der Waals surface area contributed by atoms with Crippen molar-refractivity contribution in [1.82, 2.24) is 5.32 Å². The van der Waals surface area contributed by atoms with Crippen LogP contribution in [0, 0.1) is 5.92 Å². The third-order valence-electron chi connectivity index (χ3n) is 2.87. The molecule has 2 aliphatic rings. The van der Waals surface area contributed by atoms with E-state index in [1.165, 1.54) is 0 Å². The Hall–Kier alpha value is -0.120. The van der Waals surface area contributed by atoms with E-state index in [9.17, 15) is 0 Å². The third-order valence-corrected chi connectivity index (χ3v) is 2.87. The number of hydrogen-bond acceptors (Lipinski definition) is 3. The smallest absolute Gasteiger partial charge is 0.0753 e. The largest absolute Gasteiger partial charge is 0.378 e. The molecule has 0 aromatic heterocycles. The lowest BCUT2D eigenvalue weighted by atomic mass is 9.95. The van der Waals surface area contributed by atoms with Gasteiger partial charge in [-0.15, -0.1) is 0 Å². The molecule has 0 radical (unpaired) electrons. The van der Waals surface area contributed by atoms with Crippen LogP contribution in [0.5, 0.6) is 0 Å². The lowest BCUT2D eigenvalue weighted by molar-refractivity contribution is -0.0292. The summed E-state index contributed by atoms with van der Waals surface area (Å²) in [6.45, 7) is 5.91. The van der Waals surface area contributed by atoms with Crippen molar-refractivity contribution in [2.75, 3.05) is 26.3 Å². The molecule has 1 N–H and O–H groups in total. The summed E-state index contributed by atoms with van der Waals surface area (Å²) < 4.78 is 11.2. The van der Waals surface area contributed by atoms with Crippen LogP contribution < -0.4 is 5.32 Å². The van der Waals surface area contributed by atoms with Crippen LogP contribution in [0.3, 0.4) is 0 Å². The normalized spacial score (nSPS) is 43.2. The highest BCUT2D eigenvalue weighted by Crippen LogP contribution is 2.26. The molecule has 2 saturated heterocycles. The van der Waals surface area contributed by atoms with Crippen molar-refractivity contribution in [3.05, 3.63) is 0 Å². The molecule has 2 heterocycles. The average Bonchev–Trinajstić information content (AvgIpc) is 2.53. The van der Waals surface area contributed by atoms with Crippen LogP contribution in [-0.2, 0) is 9.47 Å². The molecule has 0 bridgehead atoms. The van der Waals surface area contributed by atoms with Gasteiger partial charge in [-0.1, -0.05) is 0 Å². The maximum atomic E-state index is 5.69. The monoisotopic (exact) mass is 171 g/mol. The van der Waals surface area contributed by atoms with Crippen molar-refractivity contribution >= 4 is 0 Å². The van der Waals surface area contributed by atoms with Crippen molar-refractivity contribution in [3.8, 4) is 0 Å². The Kier molecular flexibility index (Phi) is 2.63. The number of hydrogen-bond donors (Lipinski definition) is 1. The zero-order valence-corrected chi connectivity index (χ0v) is 7.58. The quantitative estimate of drug-likeness (QED) is 0.619. The number of rotatable bonds is 1. The highest BCUT2D eigenvalue weighted by atomic mass is 16.5.